The van der Waals surface area contributed by atoms with Gasteiger partial charge in [0.25, 0.3) is 0 Å². The maximum absolute atomic E-state index is 11.0. The Bertz CT molecular complexity index is 249. The zero-order valence-electron chi connectivity index (χ0n) is 6.66. The van der Waals surface area contributed by atoms with Crippen LogP contribution >= 0.6 is 0 Å². The van der Waals surface area contributed by atoms with Crippen LogP contribution in [-0.4, -0.2) is 17.7 Å². The normalized spacial score (nSPS) is 29.8. The van der Waals surface area contributed by atoms with Crippen LogP contribution in [0.3, 0.4) is 0 Å². The van der Waals surface area contributed by atoms with Gasteiger partial charge in [0.15, 0.2) is 0 Å². The highest BCUT2D eigenvalue weighted by atomic mass is 16.2. The summed E-state index contributed by atoms with van der Waals surface area (Å²) in [5.41, 5.74) is 4.98. The fourth-order valence-corrected chi connectivity index (χ4v) is 1.34. The van der Waals surface area contributed by atoms with Crippen molar-refractivity contribution in [3.8, 4) is 0 Å². The average molecular weight is 170 g/mol. The van der Waals surface area contributed by atoms with Crippen molar-refractivity contribution in [3.63, 3.8) is 0 Å². The van der Waals surface area contributed by atoms with Crippen LogP contribution < -0.4 is 11.1 Å². The number of carbonyl (C=O) groups is 3. The quantitative estimate of drug-likeness (QED) is 0.381. The van der Waals surface area contributed by atoms with E-state index in [1.807, 2.05) is 0 Å². The highest BCUT2D eigenvalue weighted by Gasteiger charge is 2.36. The van der Waals surface area contributed by atoms with Gasteiger partial charge in [0.1, 0.15) is 5.92 Å². The number of piperidine rings is 1. The molecule has 0 aromatic heterocycles. The second kappa shape index (κ2) is 2.92. The first-order valence-electron chi connectivity index (χ1n) is 3.65. The van der Waals surface area contributed by atoms with Gasteiger partial charge in [-0.15, -0.1) is 0 Å². The zero-order chi connectivity index (χ0) is 9.30. The molecule has 0 bridgehead atoms. The van der Waals surface area contributed by atoms with Crippen LogP contribution in [0, 0.1) is 11.8 Å². The highest BCUT2D eigenvalue weighted by Crippen LogP contribution is 2.19. The van der Waals surface area contributed by atoms with E-state index in [0.717, 1.165) is 0 Å². The number of hydrogen-bond donors (Lipinski definition) is 2. The van der Waals surface area contributed by atoms with Crippen molar-refractivity contribution in [1.29, 1.82) is 0 Å². The summed E-state index contributed by atoms with van der Waals surface area (Å²) in [7, 11) is 0. The van der Waals surface area contributed by atoms with E-state index in [9.17, 15) is 14.4 Å². The lowest BCUT2D eigenvalue weighted by molar-refractivity contribution is -0.143. The molecule has 1 rings (SSSR count). The number of hydrogen-bond acceptors (Lipinski definition) is 3. The first-order valence-corrected chi connectivity index (χ1v) is 3.65. The van der Waals surface area contributed by atoms with Crippen LogP contribution in [0.1, 0.15) is 13.3 Å². The van der Waals surface area contributed by atoms with Crippen LogP contribution in [0.4, 0.5) is 0 Å². The summed E-state index contributed by atoms with van der Waals surface area (Å²) in [6.07, 6.45) is 0.180. The van der Waals surface area contributed by atoms with Gasteiger partial charge in [0.05, 0.1) is 0 Å². The number of imide groups is 1. The van der Waals surface area contributed by atoms with Gasteiger partial charge >= 0.3 is 0 Å². The SMILES string of the molecule is CC1CC(=O)NC(=O)C1C(N)=O. The maximum atomic E-state index is 11.0. The van der Waals surface area contributed by atoms with Crippen molar-refractivity contribution in [2.75, 3.05) is 0 Å². The number of amides is 3. The Labute approximate surface area is 69.3 Å². The molecular weight excluding hydrogens is 160 g/mol. The van der Waals surface area contributed by atoms with Crippen molar-refractivity contribution in [1.82, 2.24) is 5.32 Å². The molecular formula is C7H10N2O3. The monoisotopic (exact) mass is 170 g/mol. The molecule has 3 amide bonds. The lowest BCUT2D eigenvalue weighted by Gasteiger charge is -2.24. The van der Waals surface area contributed by atoms with Gasteiger partial charge in [-0.3, -0.25) is 19.7 Å². The van der Waals surface area contributed by atoms with Gasteiger partial charge in [-0.25, -0.2) is 0 Å². The topological polar surface area (TPSA) is 89.3 Å². The summed E-state index contributed by atoms with van der Waals surface area (Å²) >= 11 is 0. The van der Waals surface area contributed by atoms with Crippen molar-refractivity contribution < 1.29 is 14.4 Å². The minimum Gasteiger partial charge on any atom is -0.369 e. The van der Waals surface area contributed by atoms with E-state index in [0.29, 0.717) is 0 Å². The van der Waals surface area contributed by atoms with Crippen LogP contribution in [0.15, 0.2) is 0 Å². The Morgan fingerprint density at radius 2 is 2.17 bits per heavy atom. The zero-order valence-corrected chi connectivity index (χ0v) is 6.66. The molecule has 0 spiro atoms. The summed E-state index contributed by atoms with van der Waals surface area (Å²) in [5, 5.41) is 2.06. The van der Waals surface area contributed by atoms with Crippen molar-refractivity contribution in [2.45, 2.75) is 13.3 Å². The Morgan fingerprint density at radius 1 is 1.58 bits per heavy atom. The fraction of sp³-hybridized carbons (Fsp3) is 0.571. The number of carbonyl (C=O) groups excluding carboxylic acids is 3. The minimum atomic E-state index is -0.859. The summed E-state index contributed by atoms with van der Waals surface area (Å²) in [4.78, 5) is 32.5. The van der Waals surface area contributed by atoms with Crippen molar-refractivity contribution >= 4 is 17.7 Å². The van der Waals surface area contributed by atoms with Crippen LogP contribution in [0.2, 0.25) is 0 Å². The van der Waals surface area contributed by atoms with E-state index in [1.54, 1.807) is 6.92 Å². The Kier molecular flexibility index (Phi) is 2.12. The minimum absolute atomic E-state index is 0.180. The lowest BCUT2D eigenvalue weighted by atomic mass is 9.86. The molecule has 3 N–H and O–H groups in total. The van der Waals surface area contributed by atoms with E-state index >= 15 is 0 Å². The predicted molar refractivity (Wildman–Crippen MR) is 39.6 cm³/mol. The standard InChI is InChI=1S/C7H10N2O3/c1-3-2-4(10)9-7(12)5(3)6(8)11/h3,5H,2H2,1H3,(H2,8,11)(H,9,10,12). The third kappa shape index (κ3) is 1.44. The van der Waals surface area contributed by atoms with E-state index in [4.69, 9.17) is 5.73 Å². The first-order chi connectivity index (χ1) is 5.52. The maximum Gasteiger partial charge on any atom is 0.239 e. The number of nitrogens with two attached hydrogens (primary N) is 1. The molecule has 1 heterocycles. The van der Waals surface area contributed by atoms with Crippen molar-refractivity contribution in [3.05, 3.63) is 0 Å². The molecule has 1 aliphatic rings. The Balaban J connectivity index is 2.80. The third-order valence-corrected chi connectivity index (χ3v) is 1.93. The Hall–Kier alpha value is -1.39. The van der Waals surface area contributed by atoms with E-state index in [2.05, 4.69) is 5.32 Å². The second-order valence-corrected chi connectivity index (χ2v) is 2.97. The summed E-state index contributed by atoms with van der Waals surface area (Å²) < 4.78 is 0. The number of rotatable bonds is 1. The van der Waals surface area contributed by atoms with Gasteiger partial charge in [0.2, 0.25) is 17.7 Å². The molecule has 0 aliphatic carbocycles. The van der Waals surface area contributed by atoms with Gasteiger partial charge < -0.3 is 5.73 Å². The largest absolute Gasteiger partial charge is 0.369 e. The molecule has 0 radical (unpaired) electrons. The Morgan fingerprint density at radius 3 is 2.58 bits per heavy atom. The number of primary amides is 1. The van der Waals surface area contributed by atoms with E-state index < -0.39 is 17.7 Å². The summed E-state index contributed by atoms with van der Waals surface area (Å²) in [5.74, 6) is -2.74. The van der Waals surface area contributed by atoms with Crippen LogP contribution in [0.25, 0.3) is 0 Å². The molecule has 2 unspecified atom stereocenters. The summed E-state index contributed by atoms with van der Waals surface area (Å²) in [6, 6.07) is 0. The molecule has 1 saturated heterocycles. The van der Waals surface area contributed by atoms with E-state index in [-0.39, 0.29) is 18.2 Å². The average Bonchev–Trinajstić information content (AvgIpc) is 1.82. The molecule has 5 nitrogen and oxygen atoms in total. The highest BCUT2D eigenvalue weighted by molar-refractivity contribution is 6.08. The first kappa shape index (κ1) is 8.70. The molecule has 1 aliphatic heterocycles. The predicted octanol–water partition coefficient (Wildman–Crippen LogP) is -1.23. The molecule has 0 aromatic rings. The molecule has 12 heavy (non-hydrogen) atoms. The van der Waals surface area contributed by atoms with Gasteiger partial charge in [-0.1, -0.05) is 6.92 Å². The molecule has 0 aromatic carbocycles. The van der Waals surface area contributed by atoms with Gasteiger partial charge in [0, 0.05) is 6.42 Å². The lowest BCUT2D eigenvalue weighted by Crippen LogP contribution is -2.50. The number of nitrogens with one attached hydrogen (secondary N) is 1. The smallest absolute Gasteiger partial charge is 0.239 e. The van der Waals surface area contributed by atoms with Crippen LogP contribution in [-0.2, 0) is 14.4 Å². The second-order valence-electron chi connectivity index (χ2n) is 2.97. The molecule has 2 atom stereocenters. The van der Waals surface area contributed by atoms with Crippen LogP contribution in [0.5, 0.6) is 0 Å². The molecule has 0 saturated carbocycles. The molecule has 5 heteroatoms. The van der Waals surface area contributed by atoms with Gasteiger partial charge in [-0.05, 0) is 5.92 Å². The summed E-state index contributed by atoms with van der Waals surface area (Å²) in [6.45, 7) is 1.66. The fourth-order valence-electron chi connectivity index (χ4n) is 1.34. The molecule has 66 valence electrons. The molecule has 1 fully saturated rings. The van der Waals surface area contributed by atoms with E-state index in [1.165, 1.54) is 0 Å². The third-order valence-electron chi connectivity index (χ3n) is 1.93. The van der Waals surface area contributed by atoms with Gasteiger partial charge in [-0.2, -0.15) is 0 Å². The van der Waals surface area contributed by atoms with Crippen molar-refractivity contribution in [2.24, 2.45) is 17.6 Å².